The van der Waals surface area contributed by atoms with Gasteiger partial charge in [-0.25, -0.2) is 8.42 Å². The summed E-state index contributed by atoms with van der Waals surface area (Å²) >= 11 is 0. The lowest BCUT2D eigenvalue weighted by atomic mass is 10.1. The quantitative estimate of drug-likeness (QED) is 0.889. The number of nitrogens with zero attached hydrogens (tertiary/aromatic N) is 1. The van der Waals surface area contributed by atoms with Crippen molar-refractivity contribution in [2.45, 2.75) is 38.0 Å². The Balaban J connectivity index is 1.76. The molecule has 2 aromatic carbocycles. The van der Waals surface area contributed by atoms with Crippen LogP contribution in [0.15, 0.2) is 47.4 Å². The molecule has 0 bridgehead atoms. The van der Waals surface area contributed by atoms with Gasteiger partial charge in [0.25, 0.3) is 15.9 Å². The molecule has 1 amide bonds. The molecule has 3 rings (SSSR count). The van der Waals surface area contributed by atoms with Crippen molar-refractivity contribution < 1.29 is 13.2 Å². The van der Waals surface area contributed by atoms with Crippen molar-refractivity contribution in [1.82, 2.24) is 4.90 Å². The van der Waals surface area contributed by atoms with Gasteiger partial charge in [0.05, 0.1) is 4.90 Å². The number of carbonyl (C=O) groups excluding carboxylic acids is 1. The number of piperidine rings is 1. The molecule has 0 atom stereocenters. The first-order valence-electron chi connectivity index (χ1n) is 8.86. The molecule has 26 heavy (non-hydrogen) atoms. The maximum absolute atomic E-state index is 12.6. The predicted octanol–water partition coefficient (Wildman–Crippen LogP) is 3.73. The third-order valence-corrected chi connectivity index (χ3v) is 6.21. The van der Waals surface area contributed by atoms with Crippen molar-refractivity contribution in [2.75, 3.05) is 17.8 Å². The van der Waals surface area contributed by atoms with Crippen molar-refractivity contribution in [2.24, 2.45) is 0 Å². The summed E-state index contributed by atoms with van der Waals surface area (Å²) in [6, 6.07) is 11.6. The van der Waals surface area contributed by atoms with Crippen LogP contribution in [-0.4, -0.2) is 32.3 Å². The number of hydrogen-bond acceptors (Lipinski definition) is 3. The molecule has 138 valence electrons. The van der Waals surface area contributed by atoms with Gasteiger partial charge in [0, 0.05) is 24.3 Å². The molecule has 1 aliphatic heterocycles. The summed E-state index contributed by atoms with van der Waals surface area (Å²) < 4.78 is 27.7. The van der Waals surface area contributed by atoms with E-state index in [2.05, 4.69) is 4.72 Å². The number of anilines is 1. The second kappa shape index (κ2) is 7.50. The highest BCUT2D eigenvalue weighted by atomic mass is 32.2. The van der Waals surface area contributed by atoms with E-state index < -0.39 is 10.0 Å². The Kier molecular flexibility index (Phi) is 5.32. The van der Waals surface area contributed by atoms with E-state index in [1.54, 1.807) is 24.3 Å². The molecule has 2 aromatic rings. The summed E-state index contributed by atoms with van der Waals surface area (Å²) in [6.45, 7) is 5.46. The van der Waals surface area contributed by atoms with Crippen LogP contribution in [0.3, 0.4) is 0 Å². The van der Waals surface area contributed by atoms with E-state index in [0.29, 0.717) is 11.3 Å². The van der Waals surface area contributed by atoms with E-state index in [4.69, 9.17) is 0 Å². The van der Waals surface area contributed by atoms with E-state index >= 15 is 0 Å². The summed E-state index contributed by atoms with van der Waals surface area (Å²) in [5.74, 6) is -0.0317. The number of aryl methyl sites for hydroxylation is 2. The van der Waals surface area contributed by atoms with Gasteiger partial charge in [0.1, 0.15) is 0 Å². The van der Waals surface area contributed by atoms with Gasteiger partial charge in [-0.1, -0.05) is 6.07 Å². The molecule has 6 heteroatoms. The molecule has 0 aromatic heterocycles. The van der Waals surface area contributed by atoms with E-state index in [-0.39, 0.29) is 10.8 Å². The largest absolute Gasteiger partial charge is 0.339 e. The second-order valence-corrected chi connectivity index (χ2v) is 8.46. The van der Waals surface area contributed by atoms with Crippen molar-refractivity contribution in [3.05, 3.63) is 59.2 Å². The minimum Gasteiger partial charge on any atom is -0.339 e. The lowest BCUT2D eigenvalue weighted by molar-refractivity contribution is 0.0724. The van der Waals surface area contributed by atoms with E-state index in [1.807, 2.05) is 24.8 Å². The third-order valence-electron chi connectivity index (χ3n) is 4.81. The monoisotopic (exact) mass is 372 g/mol. The Bertz CT molecular complexity index is 899. The Morgan fingerprint density at radius 3 is 2.19 bits per heavy atom. The molecule has 0 spiro atoms. The zero-order valence-electron chi connectivity index (χ0n) is 15.2. The molecule has 1 heterocycles. The highest BCUT2D eigenvalue weighted by Crippen LogP contribution is 2.20. The third kappa shape index (κ3) is 4.07. The van der Waals surface area contributed by atoms with E-state index in [0.717, 1.165) is 43.5 Å². The molecule has 0 radical (unpaired) electrons. The molecule has 1 N–H and O–H groups in total. The molecule has 1 saturated heterocycles. The number of rotatable bonds is 4. The smallest absolute Gasteiger partial charge is 0.261 e. The summed E-state index contributed by atoms with van der Waals surface area (Å²) in [5, 5.41) is 0. The Labute approximate surface area is 155 Å². The summed E-state index contributed by atoms with van der Waals surface area (Å²) in [5.41, 5.74) is 3.18. The molecule has 5 nitrogen and oxygen atoms in total. The summed E-state index contributed by atoms with van der Waals surface area (Å²) in [7, 11) is -3.69. The van der Waals surface area contributed by atoms with E-state index in [1.165, 1.54) is 12.1 Å². The standard InChI is InChI=1S/C20H24N2O3S/c1-15-6-9-18(14-16(15)2)21-26(24,25)19-10-7-17(8-11-19)20(23)22-12-4-3-5-13-22/h6-11,14,21H,3-5,12-13H2,1-2H3. The van der Waals surface area contributed by atoms with Crippen LogP contribution in [0.5, 0.6) is 0 Å². The number of hydrogen-bond donors (Lipinski definition) is 1. The number of nitrogens with one attached hydrogen (secondary N) is 1. The van der Waals surface area contributed by atoms with Crippen LogP contribution in [0.25, 0.3) is 0 Å². The van der Waals surface area contributed by atoms with Gasteiger partial charge >= 0.3 is 0 Å². The fraction of sp³-hybridized carbons (Fsp3) is 0.350. The minimum absolute atomic E-state index is 0.0317. The average Bonchev–Trinajstić information content (AvgIpc) is 2.65. The molecule has 1 aliphatic rings. The van der Waals surface area contributed by atoms with Crippen LogP contribution in [0.2, 0.25) is 0 Å². The van der Waals surface area contributed by atoms with Gasteiger partial charge in [-0.15, -0.1) is 0 Å². The zero-order valence-corrected chi connectivity index (χ0v) is 16.0. The van der Waals surface area contributed by atoms with Crippen LogP contribution < -0.4 is 4.72 Å². The van der Waals surface area contributed by atoms with Gasteiger partial charge in [-0.05, 0) is 80.6 Å². The van der Waals surface area contributed by atoms with Crippen molar-refractivity contribution in [3.8, 4) is 0 Å². The Hall–Kier alpha value is -2.34. The first kappa shape index (κ1) is 18.5. The van der Waals surface area contributed by atoms with Crippen LogP contribution in [0.1, 0.15) is 40.7 Å². The Morgan fingerprint density at radius 2 is 1.58 bits per heavy atom. The van der Waals surface area contributed by atoms with Gasteiger partial charge in [-0.3, -0.25) is 9.52 Å². The minimum atomic E-state index is -3.69. The fourth-order valence-corrected chi connectivity index (χ4v) is 4.12. The lowest BCUT2D eigenvalue weighted by Gasteiger charge is -2.26. The molecule has 0 unspecified atom stereocenters. The SMILES string of the molecule is Cc1ccc(NS(=O)(=O)c2ccc(C(=O)N3CCCCC3)cc2)cc1C. The topological polar surface area (TPSA) is 66.5 Å². The van der Waals surface area contributed by atoms with Gasteiger partial charge in [-0.2, -0.15) is 0 Å². The van der Waals surface area contributed by atoms with Crippen LogP contribution in [0.4, 0.5) is 5.69 Å². The molecule has 1 fully saturated rings. The van der Waals surface area contributed by atoms with Crippen molar-refractivity contribution in [3.63, 3.8) is 0 Å². The van der Waals surface area contributed by atoms with Gasteiger partial charge in [0.2, 0.25) is 0 Å². The van der Waals surface area contributed by atoms with Crippen molar-refractivity contribution >= 4 is 21.6 Å². The summed E-state index contributed by atoms with van der Waals surface area (Å²) in [6.07, 6.45) is 3.21. The highest BCUT2D eigenvalue weighted by Gasteiger charge is 2.20. The van der Waals surface area contributed by atoms with Crippen LogP contribution in [0, 0.1) is 13.8 Å². The predicted molar refractivity (Wildman–Crippen MR) is 103 cm³/mol. The maximum atomic E-state index is 12.6. The first-order chi connectivity index (χ1) is 12.4. The maximum Gasteiger partial charge on any atom is 0.261 e. The number of benzene rings is 2. The summed E-state index contributed by atoms with van der Waals surface area (Å²) in [4.78, 5) is 14.5. The van der Waals surface area contributed by atoms with E-state index in [9.17, 15) is 13.2 Å². The molecular weight excluding hydrogens is 348 g/mol. The lowest BCUT2D eigenvalue weighted by Crippen LogP contribution is -2.35. The van der Waals surface area contributed by atoms with Crippen LogP contribution >= 0.6 is 0 Å². The van der Waals surface area contributed by atoms with Gasteiger partial charge in [0.15, 0.2) is 0 Å². The first-order valence-corrected chi connectivity index (χ1v) is 10.3. The molecule has 0 aliphatic carbocycles. The van der Waals surface area contributed by atoms with Gasteiger partial charge < -0.3 is 4.90 Å². The molecule has 0 saturated carbocycles. The van der Waals surface area contributed by atoms with Crippen LogP contribution in [-0.2, 0) is 10.0 Å². The number of sulfonamides is 1. The zero-order chi connectivity index (χ0) is 18.7. The number of likely N-dealkylation sites (tertiary alicyclic amines) is 1. The number of amides is 1. The van der Waals surface area contributed by atoms with Crippen molar-refractivity contribution in [1.29, 1.82) is 0 Å². The fourth-order valence-electron chi connectivity index (χ4n) is 3.08. The number of carbonyl (C=O) groups is 1. The normalized spacial score (nSPS) is 14.9. The Morgan fingerprint density at radius 1 is 0.923 bits per heavy atom. The second-order valence-electron chi connectivity index (χ2n) is 6.78. The molecular formula is C20H24N2O3S. The average molecular weight is 372 g/mol. The highest BCUT2D eigenvalue weighted by molar-refractivity contribution is 7.92.